The number of ether oxygens (including phenoxy) is 2. The minimum atomic E-state index is 0.380. The summed E-state index contributed by atoms with van der Waals surface area (Å²) in [6.45, 7) is 4.75. The van der Waals surface area contributed by atoms with Gasteiger partial charge in [0.25, 0.3) is 5.88 Å². The lowest BCUT2D eigenvalue weighted by Crippen LogP contribution is -2.08. The summed E-state index contributed by atoms with van der Waals surface area (Å²) < 4.78 is 14.8. The van der Waals surface area contributed by atoms with Crippen molar-refractivity contribution < 1.29 is 9.47 Å². The van der Waals surface area contributed by atoms with Gasteiger partial charge in [0.1, 0.15) is 17.2 Å². The number of aryl methyl sites for hydroxylation is 2. The fraction of sp³-hybridized carbons (Fsp3) is 0.333. The topological polar surface area (TPSA) is 118 Å². The van der Waals surface area contributed by atoms with E-state index in [1.54, 1.807) is 35.8 Å². The predicted molar refractivity (Wildman–Crippen MR) is 109 cm³/mol. The Hall–Kier alpha value is -3.47. The summed E-state index contributed by atoms with van der Waals surface area (Å²) in [6, 6.07) is 0. The number of nitrogens with one attached hydrogen (secondary N) is 1. The summed E-state index contributed by atoms with van der Waals surface area (Å²) in [7, 11) is 1.56. The van der Waals surface area contributed by atoms with Gasteiger partial charge < -0.3 is 14.8 Å². The lowest BCUT2D eigenvalue weighted by atomic mass is 10.3. The molecule has 2 bridgehead atoms. The number of nitrogens with zero attached hydrogens (tertiary/aromatic N) is 8. The Labute approximate surface area is 176 Å². The first kappa shape index (κ1) is 18.6. The van der Waals surface area contributed by atoms with E-state index >= 15 is 0 Å². The zero-order valence-electron chi connectivity index (χ0n) is 16.5. The summed E-state index contributed by atoms with van der Waals surface area (Å²) in [4.78, 5) is 17.6. The molecule has 0 saturated carbocycles. The van der Waals surface area contributed by atoms with Gasteiger partial charge >= 0.3 is 0 Å². The summed E-state index contributed by atoms with van der Waals surface area (Å²) in [5.74, 6) is 1.84. The zero-order chi connectivity index (χ0) is 20.8. The third-order valence-electron chi connectivity index (χ3n) is 4.80. The molecule has 0 atom stereocenters. The van der Waals surface area contributed by atoms with Crippen LogP contribution in [0.25, 0.3) is 16.7 Å². The highest BCUT2D eigenvalue weighted by Gasteiger charge is 2.23. The quantitative estimate of drug-likeness (QED) is 0.514. The van der Waals surface area contributed by atoms with E-state index in [0.717, 1.165) is 5.69 Å². The van der Waals surface area contributed by atoms with Crippen molar-refractivity contribution in [2.45, 2.75) is 26.8 Å². The Kier molecular flexibility index (Phi) is 4.39. The van der Waals surface area contributed by atoms with Gasteiger partial charge in [0.15, 0.2) is 10.8 Å². The second kappa shape index (κ2) is 7.10. The zero-order valence-corrected chi connectivity index (χ0v) is 17.3. The van der Waals surface area contributed by atoms with Crippen molar-refractivity contribution in [1.29, 1.82) is 0 Å². The molecule has 5 heterocycles. The van der Waals surface area contributed by atoms with Gasteiger partial charge in [-0.15, -0.1) is 5.10 Å². The van der Waals surface area contributed by atoms with Gasteiger partial charge in [-0.05, 0) is 13.8 Å². The number of fused-ring (bicyclic) bond motifs is 2. The Bertz CT molecular complexity index is 1270. The molecule has 4 aromatic rings. The van der Waals surface area contributed by atoms with Crippen molar-refractivity contribution in [3.05, 3.63) is 29.1 Å². The number of hydrogen-bond donors (Lipinski definition) is 1. The molecule has 0 aromatic carbocycles. The Morgan fingerprint density at radius 1 is 1.17 bits per heavy atom. The number of anilines is 2. The first-order chi connectivity index (χ1) is 14.5. The molecule has 154 valence electrons. The predicted octanol–water partition coefficient (Wildman–Crippen LogP) is 2.61. The first-order valence-corrected chi connectivity index (χ1v) is 9.69. The molecule has 0 unspecified atom stereocenters. The number of halogens is 1. The Morgan fingerprint density at radius 2 is 2.03 bits per heavy atom. The SMILES string of the molecule is COc1nc(C)ncc1-n1nc2c(c1C)Nc1ncc3c(Cl)nn(c3n1)CCCO2. The second-order valence-electron chi connectivity index (χ2n) is 6.76. The molecule has 12 heteroatoms. The van der Waals surface area contributed by atoms with Crippen LogP contribution in [0, 0.1) is 13.8 Å². The molecule has 0 spiro atoms. The van der Waals surface area contributed by atoms with Gasteiger partial charge in [-0.25, -0.2) is 19.3 Å². The highest BCUT2D eigenvalue weighted by atomic mass is 35.5. The average Bonchev–Trinajstić information content (AvgIpc) is 3.21. The number of rotatable bonds is 2. The fourth-order valence-electron chi connectivity index (χ4n) is 3.33. The average molecular weight is 428 g/mol. The third-order valence-corrected chi connectivity index (χ3v) is 5.07. The lowest BCUT2D eigenvalue weighted by Gasteiger charge is -2.09. The largest absolute Gasteiger partial charge is 0.479 e. The lowest BCUT2D eigenvalue weighted by molar-refractivity contribution is 0.288. The van der Waals surface area contributed by atoms with Crippen LogP contribution in [0.5, 0.6) is 11.8 Å². The highest BCUT2D eigenvalue weighted by Crippen LogP contribution is 2.34. The summed E-state index contributed by atoms with van der Waals surface area (Å²) in [6.07, 6.45) is 4.03. The number of aromatic nitrogens is 8. The van der Waals surface area contributed by atoms with Gasteiger partial charge in [-0.1, -0.05) is 11.6 Å². The van der Waals surface area contributed by atoms with E-state index in [2.05, 4.69) is 35.5 Å². The molecule has 0 saturated heterocycles. The van der Waals surface area contributed by atoms with Crippen LogP contribution in [-0.4, -0.2) is 53.2 Å². The summed E-state index contributed by atoms with van der Waals surface area (Å²) >= 11 is 6.22. The Balaban J connectivity index is 1.64. The maximum absolute atomic E-state index is 6.22. The number of methoxy groups -OCH3 is 1. The van der Waals surface area contributed by atoms with E-state index < -0.39 is 0 Å². The van der Waals surface area contributed by atoms with Crippen LogP contribution in [0.4, 0.5) is 11.6 Å². The molecular weight excluding hydrogens is 410 g/mol. The molecule has 0 amide bonds. The smallest absolute Gasteiger partial charge is 0.257 e. The van der Waals surface area contributed by atoms with E-state index in [-0.39, 0.29) is 0 Å². The summed E-state index contributed by atoms with van der Waals surface area (Å²) in [5, 5.41) is 13.3. The van der Waals surface area contributed by atoms with Gasteiger partial charge in [-0.3, -0.25) is 0 Å². The number of hydrogen-bond acceptors (Lipinski definition) is 9. The van der Waals surface area contributed by atoms with Gasteiger partial charge in [0.2, 0.25) is 11.8 Å². The van der Waals surface area contributed by atoms with Gasteiger partial charge in [0.05, 0.1) is 31.0 Å². The molecular formula is C18H18ClN9O2. The molecule has 30 heavy (non-hydrogen) atoms. The van der Waals surface area contributed by atoms with Crippen LogP contribution in [0.3, 0.4) is 0 Å². The van der Waals surface area contributed by atoms with E-state index in [1.807, 2.05) is 6.92 Å². The van der Waals surface area contributed by atoms with Crippen molar-refractivity contribution >= 4 is 34.3 Å². The van der Waals surface area contributed by atoms with E-state index in [9.17, 15) is 0 Å². The monoisotopic (exact) mass is 427 g/mol. The second-order valence-corrected chi connectivity index (χ2v) is 7.12. The highest BCUT2D eigenvalue weighted by molar-refractivity contribution is 6.34. The minimum Gasteiger partial charge on any atom is -0.479 e. The maximum Gasteiger partial charge on any atom is 0.257 e. The first-order valence-electron chi connectivity index (χ1n) is 9.31. The van der Waals surface area contributed by atoms with Crippen LogP contribution in [0.15, 0.2) is 12.4 Å². The van der Waals surface area contributed by atoms with Crippen LogP contribution < -0.4 is 14.8 Å². The van der Waals surface area contributed by atoms with Crippen LogP contribution >= 0.6 is 11.6 Å². The van der Waals surface area contributed by atoms with Crippen molar-refractivity contribution in [2.75, 3.05) is 19.0 Å². The molecule has 5 rings (SSSR count). The van der Waals surface area contributed by atoms with E-state index in [1.165, 1.54) is 0 Å². The molecule has 1 aliphatic heterocycles. The molecule has 0 fully saturated rings. The van der Waals surface area contributed by atoms with Crippen LogP contribution in [-0.2, 0) is 6.54 Å². The summed E-state index contributed by atoms with van der Waals surface area (Å²) in [5.41, 5.74) is 2.69. The van der Waals surface area contributed by atoms with E-state index in [4.69, 9.17) is 21.1 Å². The molecule has 0 aliphatic carbocycles. The molecule has 0 radical (unpaired) electrons. The normalized spacial score (nSPS) is 13.5. The van der Waals surface area contributed by atoms with Gasteiger partial charge in [-0.2, -0.15) is 15.1 Å². The molecule has 1 aliphatic rings. The fourth-order valence-corrected chi connectivity index (χ4v) is 3.55. The van der Waals surface area contributed by atoms with Crippen molar-refractivity contribution in [1.82, 2.24) is 39.5 Å². The van der Waals surface area contributed by atoms with Crippen molar-refractivity contribution in [3.63, 3.8) is 0 Å². The molecule has 1 N–H and O–H groups in total. The standard InChI is InChI=1S/C18H18ClN9O2/c1-9-13-17(26-28(9)12-8-20-10(2)22-16(12)29-3)30-6-4-5-27-15-11(14(19)25-27)7-21-18(23-13)24-15/h7-8H,4-6H2,1-3H3,(H,21,23,24). The molecule has 11 nitrogen and oxygen atoms in total. The Morgan fingerprint density at radius 3 is 2.87 bits per heavy atom. The minimum absolute atomic E-state index is 0.380. The van der Waals surface area contributed by atoms with Crippen LogP contribution in [0.1, 0.15) is 17.9 Å². The van der Waals surface area contributed by atoms with Crippen LogP contribution in [0.2, 0.25) is 5.15 Å². The third kappa shape index (κ3) is 2.98. The van der Waals surface area contributed by atoms with Crippen molar-refractivity contribution in [2.24, 2.45) is 0 Å². The van der Waals surface area contributed by atoms with E-state index in [0.29, 0.717) is 70.7 Å². The molecule has 4 aromatic heterocycles. The van der Waals surface area contributed by atoms with Gasteiger partial charge in [0, 0.05) is 19.2 Å². The maximum atomic E-state index is 6.22. The van der Waals surface area contributed by atoms with Crippen molar-refractivity contribution in [3.8, 4) is 17.4 Å².